The summed E-state index contributed by atoms with van der Waals surface area (Å²) in [6.07, 6.45) is 3.11. The van der Waals surface area contributed by atoms with E-state index in [4.69, 9.17) is 9.47 Å². The Kier molecular flexibility index (Phi) is 3.62. The highest BCUT2D eigenvalue weighted by atomic mass is 16.7. The highest BCUT2D eigenvalue weighted by Crippen LogP contribution is 2.21. The molecule has 7 heteroatoms. The van der Waals surface area contributed by atoms with Crippen molar-refractivity contribution in [2.45, 2.75) is 25.7 Å². The van der Waals surface area contributed by atoms with Gasteiger partial charge in [0.05, 0.1) is 29.9 Å². The lowest BCUT2D eigenvalue weighted by Crippen LogP contribution is -2.26. The lowest BCUT2D eigenvalue weighted by molar-refractivity contribution is -0.384. The molecular formula is C13H15N3O4. The molecule has 1 aliphatic rings. The van der Waals surface area contributed by atoms with Crippen LogP contribution >= 0.6 is 0 Å². The molecule has 0 unspecified atom stereocenters. The van der Waals surface area contributed by atoms with Gasteiger partial charge in [0, 0.05) is 30.5 Å². The monoisotopic (exact) mass is 277 g/mol. The molecule has 0 amide bonds. The molecule has 0 aliphatic carbocycles. The van der Waals surface area contributed by atoms with Crippen LogP contribution in [0.15, 0.2) is 24.4 Å². The molecule has 20 heavy (non-hydrogen) atoms. The van der Waals surface area contributed by atoms with Crippen LogP contribution in [0, 0.1) is 10.1 Å². The fourth-order valence-electron chi connectivity index (χ4n) is 2.28. The van der Waals surface area contributed by atoms with Gasteiger partial charge >= 0.3 is 0 Å². The molecule has 1 aromatic heterocycles. The molecular weight excluding hydrogens is 262 g/mol. The van der Waals surface area contributed by atoms with Crippen LogP contribution in [0.25, 0.3) is 10.9 Å². The molecule has 3 rings (SSSR count). The first kappa shape index (κ1) is 13.0. The maximum atomic E-state index is 10.8. The van der Waals surface area contributed by atoms with E-state index in [1.54, 1.807) is 23.0 Å². The summed E-state index contributed by atoms with van der Waals surface area (Å²) in [5.74, 6) is 0. The molecule has 2 aromatic rings. The fourth-order valence-corrected chi connectivity index (χ4v) is 2.28. The Balaban J connectivity index is 1.76. The van der Waals surface area contributed by atoms with Gasteiger partial charge in [-0.25, -0.2) is 0 Å². The third-order valence-corrected chi connectivity index (χ3v) is 3.31. The van der Waals surface area contributed by atoms with Crippen LogP contribution < -0.4 is 0 Å². The normalized spacial score (nSPS) is 16.6. The number of nitro benzene ring substituents is 1. The number of ether oxygens (including phenoxy) is 2. The lowest BCUT2D eigenvalue weighted by Gasteiger charge is -2.23. The van der Waals surface area contributed by atoms with Crippen molar-refractivity contribution in [2.75, 3.05) is 13.2 Å². The van der Waals surface area contributed by atoms with Gasteiger partial charge in [-0.1, -0.05) is 0 Å². The Morgan fingerprint density at radius 1 is 1.40 bits per heavy atom. The second-order valence-corrected chi connectivity index (χ2v) is 4.68. The molecule has 1 aliphatic heterocycles. The van der Waals surface area contributed by atoms with Gasteiger partial charge in [0.15, 0.2) is 6.29 Å². The van der Waals surface area contributed by atoms with Gasteiger partial charge in [-0.15, -0.1) is 0 Å². The molecule has 0 N–H and O–H groups in total. The maximum Gasteiger partial charge on any atom is 0.271 e. The van der Waals surface area contributed by atoms with Crippen molar-refractivity contribution in [3.63, 3.8) is 0 Å². The summed E-state index contributed by atoms with van der Waals surface area (Å²) in [7, 11) is 0. The van der Waals surface area contributed by atoms with Crippen LogP contribution in [0.1, 0.15) is 12.8 Å². The molecule has 7 nitrogen and oxygen atoms in total. The largest absolute Gasteiger partial charge is 0.353 e. The molecule has 106 valence electrons. The van der Waals surface area contributed by atoms with Crippen LogP contribution in [-0.2, 0) is 16.0 Å². The lowest BCUT2D eigenvalue weighted by atomic mass is 10.2. The molecule has 0 spiro atoms. The minimum Gasteiger partial charge on any atom is -0.353 e. The van der Waals surface area contributed by atoms with Gasteiger partial charge in [0.2, 0.25) is 0 Å². The Bertz CT molecular complexity index is 619. The molecule has 1 saturated heterocycles. The molecule has 1 aromatic carbocycles. The maximum absolute atomic E-state index is 10.8. The van der Waals surface area contributed by atoms with Gasteiger partial charge in [-0.2, -0.15) is 5.10 Å². The summed E-state index contributed by atoms with van der Waals surface area (Å²) >= 11 is 0. The van der Waals surface area contributed by atoms with Gasteiger partial charge in [-0.3, -0.25) is 14.8 Å². The summed E-state index contributed by atoms with van der Waals surface area (Å²) in [6, 6.07) is 4.75. The van der Waals surface area contributed by atoms with Crippen LogP contribution in [0.3, 0.4) is 0 Å². The zero-order chi connectivity index (χ0) is 13.9. The number of non-ortho nitro benzene ring substituents is 1. The number of aryl methyl sites for hydroxylation is 1. The number of fused-ring (bicyclic) bond motifs is 1. The number of nitro groups is 1. The van der Waals surface area contributed by atoms with E-state index < -0.39 is 4.92 Å². The Hall–Kier alpha value is -1.99. The van der Waals surface area contributed by atoms with Crippen LogP contribution in [0.5, 0.6) is 0 Å². The number of aromatic nitrogens is 2. The van der Waals surface area contributed by atoms with E-state index in [2.05, 4.69) is 5.10 Å². The van der Waals surface area contributed by atoms with Crippen molar-refractivity contribution in [3.05, 3.63) is 34.5 Å². The third kappa shape index (κ3) is 2.63. The van der Waals surface area contributed by atoms with E-state index >= 15 is 0 Å². The smallest absolute Gasteiger partial charge is 0.271 e. The predicted octanol–water partition coefficient (Wildman–Crippen LogP) is 2.10. The van der Waals surface area contributed by atoms with Crippen molar-refractivity contribution >= 4 is 16.6 Å². The third-order valence-electron chi connectivity index (χ3n) is 3.31. The zero-order valence-corrected chi connectivity index (χ0v) is 10.9. The number of nitrogens with zero attached hydrogens (tertiary/aromatic N) is 3. The average Bonchev–Trinajstić information content (AvgIpc) is 2.88. The van der Waals surface area contributed by atoms with Crippen molar-refractivity contribution in [3.8, 4) is 0 Å². The quantitative estimate of drug-likeness (QED) is 0.631. The van der Waals surface area contributed by atoms with E-state index in [-0.39, 0.29) is 12.0 Å². The van der Waals surface area contributed by atoms with E-state index in [1.165, 1.54) is 6.07 Å². The van der Waals surface area contributed by atoms with Gasteiger partial charge in [0.1, 0.15) is 0 Å². The number of hydrogen-bond acceptors (Lipinski definition) is 5. The van der Waals surface area contributed by atoms with Crippen LogP contribution in [0.4, 0.5) is 5.69 Å². The van der Waals surface area contributed by atoms with Gasteiger partial charge < -0.3 is 9.47 Å². The Morgan fingerprint density at radius 3 is 2.95 bits per heavy atom. The van der Waals surface area contributed by atoms with Crippen molar-refractivity contribution < 1.29 is 14.4 Å². The Morgan fingerprint density at radius 2 is 2.20 bits per heavy atom. The summed E-state index contributed by atoms with van der Waals surface area (Å²) in [4.78, 5) is 10.4. The predicted molar refractivity (Wildman–Crippen MR) is 71.3 cm³/mol. The van der Waals surface area contributed by atoms with Crippen molar-refractivity contribution in [1.29, 1.82) is 0 Å². The van der Waals surface area contributed by atoms with Crippen molar-refractivity contribution in [2.24, 2.45) is 0 Å². The molecule has 2 heterocycles. The number of hydrogen-bond donors (Lipinski definition) is 0. The first-order valence-corrected chi connectivity index (χ1v) is 6.57. The first-order chi connectivity index (χ1) is 9.74. The van der Waals surface area contributed by atoms with E-state index in [0.717, 1.165) is 30.5 Å². The average molecular weight is 277 g/mol. The van der Waals surface area contributed by atoms with Crippen LogP contribution in [-0.4, -0.2) is 34.2 Å². The molecule has 0 bridgehead atoms. The highest BCUT2D eigenvalue weighted by molar-refractivity contribution is 5.80. The minimum atomic E-state index is -0.399. The summed E-state index contributed by atoms with van der Waals surface area (Å²) < 4.78 is 12.7. The van der Waals surface area contributed by atoms with Crippen LogP contribution in [0.2, 0.25) is 0 Å². The second-order valence-electron chi connectivity index (χ2n) is 4.68. The highest BCUT2D eigenvalue weighted by Gasteiger charge is 2.15. The zero-order valence-electron chi connectivity index (χ0n) is 10.9. The second kappa shape index (κ2) is 5.56. The topological polar surface area (TPSA) is 79.4 Å². The summed E-state index contributed by atoms with van der Waals surface area (Å²) in [5.41, 5.74) is 0.833. The van der Waals surface area contributed by atoms with E-state index in [1.807, 2.05) is 0 Å². The first-order valence-electron chi connectivity index (χ1n) is 6.57. The van der Waals surface area contributed by atoms with Gasteiger partial charge in [-0.05, 0) is 12.5 Å². The van der Waals surface area contributed by atoms with E-state index in [0.29, 0.717) is 13.0 Å². The SMILES string of the molecule is O=[N+]([O-])c1ccc2cnn(CCC3OCCCO3)c2c1. The van der Waals surface area contributed by atoms with Gasteiger partial charge in [0.25, 0.3) is 5.69 Å². The molecule has 0 atom stereocenters. The fraction of sp³-hybridized carbons (Fsp3) is 0.462. The molecule has 1 fully saturated rings. The Labute approximate surface area is 115 Å². The van der Waals surface area contributed by atoms with Crippen molar-refractivity contribution in [1.82, 2.24) is 9.78 Å². The van der Waals surface area contributed by atoms with E-state index in [9.17, 15) is 10.1 Å². The standard InChI is InChI=1S/C13H15N3O4/c17-16(18)11-3-2-10-9-14-15(12(10)8-11)5-4-13-19-6-1-7-20-13/h2-3,8-9,13H,1,4-7H2. The minimum absolute atomic E-state index is 0.0735. The summed E-state index contributed by atoms with van der Waals surface area (Å²) in [5, 5.41) is 16.0. The molecule has 0 saturated carbocycles. The number of benzene rings is 1. The number of rotatable bonds is 4. The molecule has 0 radical (unpaired) electrons. The summed E-state index contributed by atoms with van der Waals surface area (Å²) in [6.45, 7) is 2.04.